The summed E-state index contributed by atoms with van der Waals surface area (Å²) in [5, 5.41) is 15.8. The molecule has 1 aromatic rings. The molecule has 0 saturated heterocycles. The topological polar surface area (TPSA) is 70.4 Å². The molecule has 6 nitrogen and oxygen atoms in total. The number of carbonyl (C=O) groups is 1. The first-order valence-corrected chi connectivity index (χ1v) is 6.28. The van der Waals surface area contributed by atoms with Crippen molar-refractivity contribution < 1.29 is 9.90 Å². The second-order valence-corrected chi connectivity index (χ2v) is 4.32. The molecular weight excluding hydrogens is 232 g/mol. The molecule has 1 atom stereocenters. The van der Waals surface area contributed by atoms with Crippen LogP contribution in [0.25, 0.3) is 0 Å². The van der Waals surface area contributed by atoms with Gasteiger partial charge in [0.2, 0.25) is 0 Å². The summed E-state index contributed by atoms with van der Waals surface area (Å²) in [7, 11) is 0. The van der Waals surface area contributed by atoms with Gasteiger partial charge in [-0.3, -0.25) is 4.68 Å². The number of rotatable bonds is 7. The smallest absolute Gasteiger partial charge is 0.317 e. The number of amides is 2. The van der Waals surface area contributed by atoms with Gasteiger partial charge in [0.05, 0.1) is 6.61 Å². The maximum Gasteiger partial charge on any atom is 0.317 e. The number of carbonyl (C=O) groups excluding carboxylic acids is 1. The predicted octanol–water partition coefficient (Wildman–Crippen LogP) is 0.543. The summed E-state index contributed by atoms with van der Waals surface area (Å²) < 4.78 is 1.85. The number of nitrogens with one attached hydrogen (secondary N) is 1. The minimum absolute atomic E-state index is 0.00982. The van der Waals surface area contributed by atoms with Crippen molar-refractivity contribution in [3.05, 3.63) is 18.5 Å². The van der Waals surface area contributed by atoms with E-state index in [0.29, 0.717) is 25.6 Å². The van der Waals surface area contributed by atoms with E-state index in [2.05, 4.69) is 17.3 Å². The van der Waals surface area contributed by atoms with Gasteiger partial charge in [-0.1, -0.05) is 6.92 Å². The molecule has 0 aliphatic heterocycles. The van der Waals surface area contributed by atoms with E-state index in [9.17, 15) is 4.79 Å². The molecular formula is C12H22N4O2. The van der Waals surface area contributed by atoms with Gasteiger partial charge in [-0.15, -0.1) is 0 Å². The Bertz CT molecular complexity index is 340. The fraction of sp³-hybridized carbons (Fsp3) is 0.667. The number of aliphatic hydroxyl groups is 1. The second-order valence-electron chi connectivity index (χ2n) is 4.32. The summed E-state index contributed by atoms with van der Waals surface area (Å²) in [4.78, 5) is 13.3. The van der Waals surface area contributed by atoms with E-state index in [-0.39, 0.29) is 12.6 Å². The first kappa shape index (κ1) is 14.5. The number of urea groups is 1. The van der Waals surface area contributed by atoms with E-state index in [1.54, 1.807) is 11.1 Å². The molecule has 6 heteroatoms. The molecule has 0 saturated carbocycles. The lowest BCUT2D eigenvalue weighted by molar-refractivity contribution is 0.179. The van der Waals surface area contributed by atoms with Crippen LogP contribution in [0.4, 0.5) is 4.79 Å². The molecule has 0 aromatic carbocycles. The molecule has 1 heterocycles. The van der Waals surface area contributed by atoms with Crippen LogP contribution < -0.4 is 5.32 Å². The minimum atomic E-state index is -0.126. The summed E-state index contributed by atoms with van der Waals surface area (Å²) in [6.07, 6.45) is 3.65. The van der Waals surface area contributed by atoms with Gasteiger partial charge >= 0.3 is 6.03 Å². The minimum Gasteiger partial charge on any atom is -0.395 e. The molecule has 0 spiro atoms. The summed E-state index contributed by atoms with van der Waals surface area (Å²) >= 11 is 0. The third-order valence-corrected chi connectivity index (χ3v) is 2.70. The van der Waals surface area contributed by atoms with Crippen molar-refractivity contribution in [1.29, 1.82) is 0 Å². The van der Waals surface area contributed by atoms with Crippen LogP contribution in [0.3, 0.4) is 0 Å². The quantitative estimate of drug-likeness (QED) is 0.746. The first-order chi connectivity index (χ1) is 8.67. The van der Waals surface area contributed by atoms with Crippen molar-refractivity contribution in [2.24, 2.45) is 5.92 Å². The van der Waals surface area contributed by atoms with E-state index in [4.69, 9.17) is 5.11 Å². The molecule has 0 radical (unpaired) electrons. The molecule has 102 valence electrons. The van der Waals surface area contributed by atoms with Gasteiger partial charge < -0.3 is 15.3 Å². The molecule has 1 unspecified atom stereocenters. The Morgan fingerprint density at radius 2 is 2.39 bits per heavy atom. The van der Waals surface area contributed by atoms with Gasteiger partial charge in [0.15, 0.2) is 0 Å². The molecule has 18 heavy (non-hydrogen) atoms. The van der Waals surface area contributed by atoms with E-state index in [0.717, 1.165) is 6.54 Å². The Morgan fingerprint density at radius 1 is 1.61 bits per heavy atom. The average Bonchev–Trinajstić information content (AvgIpc) is 2.85. The molecule has 1 rings (SSSR count). The summed E-state index contributed by atoms with van der Waals surface area (Å²) in [6.45, 7) is 6.28. The van der Waals surface area contributed by atoms with Gasteiger partial charge in [-0.05, 0) is 18.9 Å². The van der Waals surface area contributed by atoms with E-state index in [1.165, 1.54) is 0 Å². The zero-order chi connectivity index (χ0) is 13.4. The van der Waals surface area contributed by atoms with Crippen LogP contribution >= 0.6 is 0 Å². The first-order valence-electron chi connectivity index (χ1n) is 6.28. The highest BCUT2D eigenvalue weighted by Crippen LogP contribution is 1.98. The SMILES string of the molecule is CCN(CCO)C(=O)NCC(C)Cn1cccn1. The van der Waals surface area contributed by atoms with Gasteiger partial charge in [-0.25, -0.2) is 4.79 Å². The predicted molar refractivity (Wildman–Crippen MR) is 69.1 cm³/mol. The summed E-state index contributed by atoms with van der Waals surface area (Å²) in [5.41, 5.74) is 0. The normalized spacial score (nSPS) is 12.2. The zero-order valence-corrected chi connectivity index (χ0v) is 11.0. The molecule has 1 aromatic heterocycles. The van der Waals surface area contributed by atoms with Crippen molar-refractivity contribution in [3.63, 3.8) is 0 Å². The van der Waals surface area contributed by atoms with E-state index >= 15 is 0 Å². The number of aromatic nitrogens is 2. The zero-order valence-electron chi connectivity index (χ0n) is 11.0. The largest absolute Gasteiger partial charge is 0.395 e. The van der Waals surface area contributed by atoms with Crippen LogP contribution in [0.5, 0.6) is 0 Å². The lowest BCUT2D eigenvalue weighted by Crippen LogP contribution is -2.43. The van der Waals surface area contributed by atoms with Crippen molar-refractivity contribution in [1.82, 2.24) is 20.0 Å². The highest BCUT2D eigenvalue weighted by Gasteiger charge is 2.11. The fourth-order valence-electron chi connectivity index (χ4n) is 1.69. The number of hydrogen-bond acceptors (Lipinski definition) is 3. The van der Waals surface area contributed by atoms with Crippen LogP contribution in [0.15, 0.2) is 18.5 Å². The van der Waals surface area contributed by atoms with Crippen LogP contribution in [-0.2, 0) is 6.54 Å². The Morgan fingerprint density at radius 3 is 2.94 bits per heavy atom. The molecule has 0 fully saturated rings. The van der Waals surface area contributed by atoms with Crippen LogP contribution in [0.2, 0.25) is 0 Å². The van der Waals surface area contributed by atoms with Crippen molar-refractivity contribution in [3.8, 4) is 0 Å². The Balaban J connectivity index is 2.28. The monoisotopic (exact) mass is 254 g/mol. The molecule has 2 amide bonds. The Hall–Kier alpha value is -1.56. The Kier molecular flexibility index (Phi) is 6.21. The van der Waals surface area contributed by atoms with Crippen molar-refractivity contribution in [2.45, 2.75) is 20.4 Å². The number of nitrogens with zero attached hydrogens (tertiary/aromatic N) is 3. The summed E-state index contributed by atoms with van der Waals surface area (Å²) in [6, 6.07) is 1.75. The molecule has 0 bridgehead atoms. The van der Waals surface area contributed by atoms with Gasteiger partial charge in [-0.2, -0.15) is 5.10 Å². The molecule has 0 aliphatic rings. The van der Waals surface area contributed by atoms with Crippen molar-refractivity contribution in [2.75, 3.05) is 26.2 Å². The third kappa shape index (κ3) is 4.75. The number of likely N-dealkylation sites (N-methyl/N-ethyl adjacent to an activating group) is 1. The van der Waals surface area contributed by atoms with Crippen LogP contribution in [-0.4, -0.2) is 52.1 Å². The van der Waals surface area contributed by atoms with Crippen molar-refractivity contribution >= 4 is 6.03 Å². The Labute approximate surface area is 108 Å². The van der Waals surface area contributed by atoms with E-state index in [1.807, 2.05) is 23.9 Å². The van der Waals surface area contributed by atoms with Gasteiger partial charge in [0.1, 0.15) is 0 Å². The van der Waals surface area contributed by atoms with Gasteiger partial charge in [0, 0.05) is 38.6 Å². The average molecular weight is 254 g/mol. The highest BCUT2D eigenvalue weighted by molar-refractivity contribution is 5.74. The number of hydrogen-bond donors (Lipinski definition) is 2. The second kappa shape index (κ2) is 7.71. The van der Waals surface area contributed by atoms with Crippen LogP contribution in [0.1, 0.15) is 13.8 Å². The molecule has 0 aliphatic carbocycles. The van der Waals surface area contributed by atoms with Gasteiger partial charge in [0.25, 0.3) is 0 Å². The fourth-order valence-corrected chi connectivity index (χ4v) is 1.69. The van der Waals surface area contributed by atoms with E-state index < -0.39 is 0 Å². The lowest BCUT2D eigenvalue weighted by Gasteiger charge is -2.21. The lowest BCUT2D eigenvalue weighted by atomic mass is 10.2. The van der Waals surface area contributed by atoms with Crippen LogP contribution in [0, 0.1) is 5.92 Å². The molecule has 2 N–H and O–H groups in total. The maximum atomic E-state index is 11.8. The maximum absolute atomic E-state index is 11.8. The standard InChI is InChI=1S/C12H22N4O2/c1-3-15(7-8-17)12(18)13-9-11(2)10-16-6-4-5-14-16/h4-6,11,17H,3,7-10H2,1-2H3,(H,13,18). The third-order valence-electron chi connectivity index (χ3n) is 2.70. The highest BCUT2D eigenvalue weighted by atomic mass is 16.3. The summed E-state index contributed by atoms with van der Waals surface area (Å²) in [5.74, 6) is 0.307. The number of aliphatic hydroxyl groups excluding tert-OH is 1.